The van der Waals surface area contributed by atoms with E-state index in [0.717, 1.165) is 23.2 Å². The van der Waals surface area contributed by atoms with Gasteiger partial charge < -0.3 is 11.1 Å². The number of aryl methyl sites for hydroxylation is 3. The van der Waals surface area contributed by atoms with Gasteiger partial charge in [-0.15, -0.1) is 0 Å². The second kappa shape index (κ2) is 7.58. The number of rotatable bonds is 4. The standard InChI is InChI=1S/C18H20FN3/c1-13-8-17(22-18(20)9-13)6-5-15-10-14(4-3-7-21-2)11-16(19)12-15/h8-12,21H,5-7H2,1-2H3,(H2,20,22). The molecule has 0 radical (unpaired) electrons. The van der Waals surface area contributed by atoms with Gasteiger partial charge in [-0.1, -0.05) is 11.8 Å². The average molecular weight is 297 g/mol. The van der Waals surface area contributed by atoms with Crippen LogP contribution in [-0.2, 0) is 12.8 Å². The number of pyridine rings is 1. The van der Waals surface area contributed by atoms with Gasteiger partial charge in [0.2, 0.25) is 0 Å². The minimum absolute atomic E-state index is 0.261. The molecule has 3 nitrogen and oxygen atoms in total. The van der Waals surface area contributed by atoms with E-state index in [2.05, 4.69) is 22.1 Å². The number of aromatic nitrogens is 1. The van der Waals surface area contributed by atoms with Crippen LogP contribution in [0, 0.1) is 24.6 Å². The van der Waals surface area contributed by atoms with Crippen LogP contribution in [0.5, 0.6) is 0 Å². The Morgan fingerprint density at radius 2 is 2.00 bits per heavy atom. The van der Waals surface area contributed by atoms with Crippen LogP contribution in [0.3, 0.4) is 0 Å². The molecule has 0 saturated carbocycles. The maximum absolute atomic E-state index is 13.7. The fraction of sp³-hybridized carbons (Fsp3) is 0.278. The SMILES string of the molecule is CNCC#Cc1cc(F)cc(CCc2cc(C)cc(N)n2)c1. The summed E-state index contributed by atoms with van der Waals surface area (Å²) in [6, 6.07) is 8.76. The third-order valence-corrected chi connectivity index (χ3v) is 3.17. The van der Waals surface area contributed by atoms with E-state index >= 15 is 0 Å². The van der Waals surface area contributed by atoms with E-state index in [1.165, 1.54) is 6.07 Å². The highest BCUT2D eigenvalue weighted by atomic mass is 19.1. The van der Waals surface area contributed by atoms with Crippen LogP contribution in [-0.4, -0.2) is 18.6 Å². The first-order chi connectivity index (χ1) is 10.6. The Kier molecular flexibility index (Phi) is 5.51. The number of nitrogens with zero attached hydrogens (tertiary/aromatic N) is 1. The summed E-state index contributed by atoms with van der Waals surface area (Å²) in [6.07, 6.45) is 1.42. The molecule has 0 spiro atoms. The molecule has 1 aromatic heterocycles. The van der Waals surface area contributed by atoms with Crippen molar-refractivity contribution in [3.8, 4) is 11.8 Å². The summed E-state index contributed by atoms with van der Waals surface area (Å²) in [7, 11) is 1.83. The number of anilines is 1. The molecule has 2 rings (SSSR count). The molecule has 114 valence electrons. The Hall–Kier alpha value is -2.38. The second-order valence-electron chi connectivity index (χ2n) is 5.24. The number of nitrogens with two attached hydrogens (primary N) is 1. The summed E-state index contributed by atoms with van der Waals surface area (Å²) >= 11 is 0. The van der Waals surface area contributed by atoms with Crippen molar-refractivity contribution in [2.24, 2.45) is 0 Å². The molecule has 0 aliphatic rings. The van der Waals surface area contributed by atoms with Gasteiger partial charge in [-0.25, -0.2) is 9.37 Å². The van der Waals surface area contributed by atoms with E-state index in [0.29, 0.717) is 24.3 Å². The zero-order valence-electron chi connectivity index (χ0n) is 12.9. The first-order valence-electron chi connectivity index (χ1n) is 7.23. The summed E-state index contributed by atoms with van der Waals surface area (Å²) < 4.78 is 13.7. The van der Waals surface area contributed by atoms with Crippen LogP contribution in [0.15, 0.2) is 30.3 Å². The molecule has 0 atom stereocenters. The zero-order chi connectivity index (χ0) is 15.9. The first kappa shape index (κ1) is 16.0. The van der Waals surface area contributed by atoms with E-state index in [1.807, 2.05) is 32.2 Å². The Morgan fingerprint density at radius 3 is 2.73 bits per heavy atom. The van der Waals surface area contributed by atoms with Gasteiger partial charge in [-0.05, 0) is 68.3 Å². The van der Waals surface area contributed by atoms with E-state index in [-0.39, 0.29) is 5.82 Å². The molecule has 0 bridgehead atoms. The van der Waals surface area contributed by atoms with Crippen LogP contribution < -0.4 is 11.1 Å². The van der Waals surface area contributed by atoms with Crippen molar-refractivity contribution < 1.29 is 4.39 Å². The number of hydrogen-bond donors (Lipinski definition) is 2. The summed E-state index contributed by atoms with van der Waals surface area (Å²) in [5.74, 6) is 6.15. The maximum Gasteiger partial charge on any atom is 0.124 e. The van der Waals surface area contributed by atoms with Gasteiger partial charge in [0.1, 0.15) is 11.6 Å². The molecular weight excluding hydrogens is 277 g/mol. The van der Waals surface area contributed by atoms with Crippen LogP contribution in [0.1, 0.15) is 22.4 Å². The molecule has 3 N–H and O–H groups in total. The lowest BCUT2D eigenvalue weighted by Crippen LogP contribution is -2.04. The quantitative estimate of drug-likeness (QED) is 0.852. The minimum Gasteiger partial charge on any atom is -0.384 e. The van der Waals surface area contributed by atoms with Crippen molar-refractivity contribution in [3.63, 3.8) is 0 Å². The van der Waals surface area contributed by atoms with E-state index in [1.54, 1.807) is 6.07 Å². The highest BCUT2D eigenvalue weighted by molar-refractivity contribution is 5.39. The zero-order valence-corrected chi connectivity index (χ0v) is 12.9. The smallest absolute Gasteiger partial charge is 0.124 e. The van der Waals surface area contributed by atoms with E-state index < -0.39 is 0 Å². The lowest BCUT2D eigenvalue weighted by Gasteiger charge is -2.05. The van der Waals surface area contributed by atoms with Crippen molar-refractivity contribution in [3.05, 3.63) is 58.5 Å². The summed E-state index contributed by atoms with van der Waals surface area (Å²) in [4.78, 5) is 4.30. The maximum atomic E-state index is 13.7. The van der Waals surface area contributed by atoms with Gasteiger partial charge >= 0.3 is 0 Å². The average Bonchev–Trinajstić information content (AvgIpc) is 2.44. The van der Waals surface area contributed by atoms with Crippen LogP contribution in [0.4, 0.5) is 10.2 Å². The molecular formula is C18H20FN3. The van der Waals surface area contributed by atoms with Gasteiger partial charge in [0.05, 0.1) is 6.54 Å². The van der Waals surface area contributed by atoms with Crippen LogP contribution in [0.2, 0.25) is 0 Å². The van der Waals surface area contributed by atoms with Crippen LogP contribution >= 0.6 is 0 Å². The molecule has 0 unspecified atom stereocenters. The Balaban J connectivity index is 2.11. The highest BCUT2D eigenvalue weighted by Gasteiger charge is 2.03. The van der Waals surface area contributed by atoms with Gasteiger partial charge in [0.15, 0.2) is 0 Å². The first-order valence-corrected chi connectivity index (χ1v) is 7.23. The fourth-order valence-corrected chi connectivity index (χ4v) is 2.27. The predicted molar refractivity (Wildman–Crippen MR) is 88.0 cm³/mol. The molecule has 1 heterocycles. The van der Waals surface area contributed by atoms with Crippen molar-refractivity contribution in [1.29, 1.82) is 0 Å². The summed E-state index contributed by atoms with van der Waals surface area (Å²) in [6.45, 7) is 2.57. The lowest BCUT2D eigenvalue weighted by molar-refractivity contribution is 0.624. The Morgan fingerprint density at radius 1 is 1.18 bits per heavy atom. The third-order valence-electron chi connectivity index (χ3n) is 3.17. The van der Waals surface area contributed by atoms with Crippen molar-refractivity contribution in [1.82, 2.24) is 10.3 Å². The molecule has 4 heteroatoms. The molecule has 0 aliphatic heterocycles. The third kappa shape index (κ3) is 4.87. The van der Waals surface area contributed by atoms with E-state index in [9.17, 15) is 4.39 Å². The lowest BCUT2D eigenvalue weighted by atomic mass is 10.0. The van der Waals surface area contributed by atoms with Crippen molar-refractivity contribution >= 4 is 5.82 Å². The van der Waals surface area contributed by atoms with Gasteiger partial charge in [-0.3, -0.25) is 0 Å². The van der Waals surface area contributed by atoms with Crippen molar-refractivity contribution in [2.75, 3.05) is 19.3 Å². The number of hydrogen-bond acceptors (Lipinski definition) is 3. The van der Waals surface area contributed by atoms with Gasteiger partial charge in [-0.2, -0.15) is 0 Å². The van der Waals surface area contributed by atoms with Gasteiger partial charge in [0.25, 0.3) is 0 Å². The number of nitrogens with one attached hydrogen (secondary N) is 1. The monoisotopic (exact) mass is 297 g/mol. The molecule has 0 saturated heterocycles. The largest absolute Gasteiger partial charge is 0.384 e. The number of halogens is 1. The second-order valence-corrected chi connectivity index (χ2v) is 5.24. The Labute approximate surface area is 130 Å². The molecule has 22 heavy (non-hydrogen) atoms. The summed E-state index contributed by atoms with van der Waals surface area (Å²) in [5.41, 5.74) is 9.36. The number of nitrogen functional groups attached to an aromatic ring is 1. The molecule has 1 aromatic carbocycles. The predicted octanol–water partition coefficient (Wildman–Crippen LogP) is 2.47. The van der Waals surface area contributed by atoms with E-state index in [4.69, 9.17) is 5.73 Å². The summed E-state index contributed by atoms with van der Waals surface area (Å²) in [5, 5.41) is 2.94. The normalized spacial score (nSPS) is 10.1. The molecule has 2 aromatic rings. The fourth-order valence-electron chi connectivity index (χ4n) is 2.27. The number of benzene rings is 1. The molecule has 0 fully saturated rings. The minimum atomic E-state index is -0.261. The molecule has 0 amide bonds. The highest BCUT2D eigenvalue weighted by Crippen LogP contribution is 2.13. The topological polar surface area (TPSA) is 50.9 Å². The van der Waals surface area contributed by atoms with Gasteiger partial charge in [0, 0.05) is 11.3 Å². The van der Waals surface area contributed by atoms with Crippen LogP contribution in [0.25, 0.3) is 0 Å². The van der Waals surface area contributed by atoms with Crippen molar-refractivity contribution in [2.45, 2.75) is 19.8 Å². The Bertz CT molecular complexity index is 694. The molecule has 0 aliphatic carbocycles.